The number of aliphatic hydroxyl groups excluding tert-OH is 2. The number of carbonyl (C=O) groups is 2. The van der Waals surface area contributed by atoms with Gasteiger partial charge in [-0.15, -0.1) is 0 Å². The van der Waals surface area contributed by atoms with Gasteiger partial charge in [0.1, 0.15) is 0 Å². The molecule has 0 aromatic heterocycles. The van der Waals surface area contributed by atoms with Crippen LogP contribution in [-0.2, 0) is 14.3 Å². The SMILES string of the molecule is CCCCCCCCCCCCCCCCCCCCC(O)C(CO)NC(=O)CCCCCCCCCCCCCCCOC(=O)CCCCCCCCCCCCCCCCCCC. The van der Waals surface area contributed by atoms with Gasteiger partial charge in [-0.3, -0.25) is 9.59 Å². The minimum absolute atomic E-state index is 0.000173. The molecular weight excluding hydrogens is 803 g/mol. The Kier molecular flexibility index (Phi) is 54.5. The predicted molar refractivity (Wildman–Crippen MR) is 283 cm³/mol. The Labute approximate surface area is 406 Å². The molecule has 0 aliphatic carbocycles. The van der Waals surface area contributed by atoms with Gasteiger partial charge in [0.2, 0.25) is 5.91 Å². The second-order valence-corrected chi connectivity index (χ2v) is 20.7. The molecule has 0 bridgehead atoms. The average molecular weight is 921 g/mol. The van der Waals surface area contributed by atoms with E-state index in [4.69, 9.17) is 4.74 Å². The smallest absolute Gasteiger partial charge is 0.305 e. The van der Waals surface area contributed by atoms with E-state index < -0.39 is 12.1 Å². The van der Waals surface area contributed by atoms with Crippen molar-refractivity contribution in [3.63, 3.8) is 0 Å². The van der Waals surface area contributed by atoms with E-state index >= 15 is 0 Å². The third kappa shape index (κ3) is 52.1. The van der Waals surface area contributed by atoms with Crippen molar-refractivity contribution in [1.29, 1.82) is 0 Å². The minimum Gasteiger partial charge on any atom is -0.466 e. The van der Waals surface area contributed by atoms with Crippen LogP contribution in [0.4, 0.5) is 0 Å². The second kappa shape index (κ2) is 55.5. The maximum Gasteiger partial charge on any atom is 0.305 e. The fraction of sp³-hybridized carbons (Fsp3) is 0.966. The van der Waals surface area contributed by atoms with Gasteiger partial charge in [-0.25, -0.2) is 0 Å². The van der Waals surface area contributed by atoms with E-state index in [2.05, 4.69) is 19.2 Å². The Morgan fingerprint density at radius 1 is 0.369 bits per heavy atom. The maximum absolute atomic E-state index is 12.5. The van der Waals surface area contributed by atoms with Crippen molar-refractivity contribution >= 4 is 11.9 Å². The molecule has 388 valence electrons. The zero-order valence-corrected chi connectivity index (χ0v) is 44.3. The lowest BCUT2D eigenvalue weighted by Crippen LogP contribution is -2.45. The first-order chi connectivity index (χ1) is 32.0. The van der Waals surface area contributed by atoms with Crippen LogP contribution in [0.2, 0.25) is 0 Å². The lowest BCUT2D eigenvalue weighted by Gasteiger charge is -2.22. The van der Waals surface area contributed by atoms with Crippen LogP contribution in [0, 0.1) is 0 Å². The summed E-state index contributed by atoms with van der Waals surface area (Å²) in [5.74, 6) is -0.0439. The number of ether oxygens (including phenoxy) is 1. The quantitative estimate of drug-likeness (QED) is 0.0417. The number of amides is 1. The van der Waals surface area contributed by atoms with E-state index in [1.54, 1.807) is 0 Å². The zero-order valence-electron chi connectivity index (χ0n) is 44.3. The lowest BCUT2D eigenvalue weighted by molar-refractivity contribution is -0.143. The van der Waals surface area contributed by atoms with Crippen LogP contribution in [0.5, 0.6) is 0 Å². The standard InChI is InChI=1S/C59H117NO5/c1-3-5-7-9-11-13-15-17-19-21-23-24-27-31-35-39-43-47-51-57(62)56(55-61)60-58(63)52-48-44-40-36-32-28-26-30-34-38-42-46-50-54-65-59(64)53-49-45-41-37-33-29-25-22-20-18-16-14-12-10-8-6-4-2/h56-57,61-62H,3-55H2,1-2H3,(H,60,63). The van der Waals surface area contributed by atoms with E-state index in [0.717, 1.165) is 51.4 Å². The van der Waals surface area contributed by atoms with Crippen LogP contribution < -0.4 is 5.32 Å². The van der Waals surface area contributed by atoms with Gasteiger partial charge < -0.3 is 20.3 Å². The van der Waals surface area contributed by atoms with Crippen LogP contribution in [0.1, 0.15) is 341 Å². The van der Waals surface area contributed by atoms with Crippen molar-refractivity contribution in [3.8, 4) is 0 Å². The Morgan fingerprint density at radius 3 is 0.938 bits per heavy atom. The molecule has 0 aromatic rings. The van der Waals surface area contributed by atoms with Crippen molar-refractivity contribution in [3.05, 3.63) is 0 Å². The summed E-state index contributed by atoms with van der Waals surface area (Å²) >= 11 is 0. The molecule has 0 saturated carbocycles. The molecular formula is C59H117NO5. The highest BCUT2D eigenvalue weighted by Gasteiger charge is 2.20. The molecule has 6 nitrogen and oxygen atoms in total. The molecule has 2 atom stereocenters. The first-order valence-corrected chi connectivity index (χ1v) is 29.8. The number of aliphatic hydroxyl groups is 2. The Morgan fingerprint density at radius 2 is 0.631 bits per heavy atom. The number of hydrogen-bond acceptors (Lipinski definition) is 5. The first-order valence-electron chi connectivity index (χ1n) is 29.8. The molecule has 0 aromatic carbocycles. The van der Waals surface area contributed by atoms with Crippen LogP contribution in [0.15, 0.2) is 0 Å². The third-order valence-electron chi connectivity index (χ3n) is 14.2. The van der Waals surface area contributed by atoms with Crippen molar-refractivity contribution in [2.45, 2.75) is 353 Å². The monoisotopic (exact) mass is 920 g/mol. The molecule has 2 unspecified atom stereocenters. The second-order valence-electron chi connectivity index (χ2n) is 20.7. The van der Waals surface area contributed by atoms with E-state index in [1.165, 1.54) is 257 Å². The van der Waals surface area contributed by atoms with Crippen LogP contribution in [0.3, 0.4) is 0 Å². The first kappa shape index (κ1) is 63.9. The molecule has 0 rings (SSSR count). The molecule has 1 amide bonds. The molecule has 0 heterocycles. The molecule has 6 heteroatoms. The average Bonchev–Trinajstić information content (AvgIpc) is 3.31. The van der Waals surface area contributed by atoms with Gasteiger partial charge in [0.05, 0.1) is 25.4 Å². The summed E-state index contributed by atoms with van der Waals surface area (Å²) in [4.78, 5) is 24.6. The summed E-state index contributed by atoms with van der Waals surface area (Å²) in [6, 6.07) is -0.550. The topological polar surface area (TPSA) is 95.9 Å². The van der Waals surface area contributed by atoms with Crippen molar-refractivity contribution in [2.24, 2.45) is 0 Å². The summed E-state index contributed by atoms with van der Waals surface area (Å²) in [5.41, 5.74) is 0. The van der Waals surface area contributed by atoms with Gasteiger partial charge in [0.25, 0.3) is 0 Å². The minimum atomic E-state index is -0.672. The van der Waals surface area contributed by atoms with Crippen LogP contribution >= 0.6 is 0 Å². The Hall–Kier alpha value is -1.14. The van der Waals surface area contributed by atoms with Gasteiger partial charge >= 0.3 is 5.97 Å². The fourth-order valence-electron chi connectivity index (χ4n) is 9.58. The molecule has 0 spiro atoms. The van der Waals surface area contributed by atoms with Gasteiger partial charge in [0, 0.05) is 12.8 Å². The Balaban J connectivity index is 3.42. The zero-order chi connectivity index (χ0) is 47.2. The molecule has 0 saturated heterocycles. The summed E-state index contributed by atoms with van der Waals surface area (Å²) in [7, 11) is 0. The normalized spacial score (nSPS) is 12.5. The summed E-state index contributed by atoms with van der Waals surface area (Å²) in [5, 5.41) is 23.3. The highest BCUT2D eigenvalue weighted by atomic mass is 16.5. The fourth-order valence-corrected chi connectivity index (χ4v) is 9.58. The van der Waals surface area contributed by atoms with E-state index in [1.807, 2.05) is 0 Å². The number of unbranched alkanes of at least 4 members (excludes halogenated alkanes) is 45. The van der Waals surface area contributed by atoms with Crippen LogP contribution in [-0.4, -0.2) is 47.4 Å². The number of rotatable bonds is 56. The van der Waals surface area contributed by atoms with Crippen molar-refractivity contribution in [1.82, 2.24) is 5.32 Å². The number of hydrogen-bond donors (Lipinski definition) is 3. The summed E-state index contributed by atoms with van der Waals surface area (Å²) in [6.45, 7) is 4.96. The number of esters is 1. The van der Waals surface area contributed by atoms with Crippen molar-refractivity contribution < 1.29 is 24.5 Å². The van der Waals surface area contributed by atoms with Crippen LogP contribution in [0.25, 0.3) is 0 Å². The summed E-state index contributed by atoms with van der Waals surface area (Å²) < 4.78 is 5.49. The molecule has 0 aliphatic heterocycles. The van der Waals surface area contributed by atoms with Gasteiger partial charge in [-0.05, 0) is 25.7 Å². The molecule has 3 N–H and O–H groups in total. The van der Waals surface area contributed by atoms with Gasteiger partial charge in [-0.2, -0.15) is 0 Å². The predicted octanol–water partition coefficient (Wildman–Crippen LogP) is 18.3. The highest BCUT2D eigenvalue weighted by molar-refractivity contribution is 5.76. The van der Waals surface area contributed by atoms with E-state index in [0.29, 0.717) is 25.9 Å². The molecule has 65 heavy (non-hydrogen) atoms. The Bertz CT molecular complexity index is 928. The highest BCUT2D eigenvalue weighted by Crippen LogP contribution is 2.18. The molecule has 0 fully saturated rings. The largest absolute Gasteiger partial charge is 0.466 e. The van der Waals surface area contributed by atoms with E-state index in [9.17, 15) is 19.8 Å². The van der Waals surface area contributed by atoms with Crippen molar-refractivity contribution in [2.75, 3.05) is 13.2 Å². The molecule has 0 radical (unpaired) electrons. The van der Waals surface area contributed by atoms with E-state index in [-0.39, 0.29) is 18.5 Å². The van der Waals surface area contributed by atoms with Gasteiger partial charge in [0.15, 0.2) is 0 Å². The van der Waals surface area contributed by atoms with Gasteiger partial charge in [-0.1, -0.05) is 303 Å². The summed E-state index contributed by atoms with van der Waals surface area (Å²) in [6.07, 6.45) is 63.8. The lowest BCUT2D eigenvalue weighted by atomic mass is 10.0. The number of carbonyl (C=O) groups excluding carboxylic acids is 2. The number of nitrogens with one attached hydrogen (secondary N) is 1. The third-order valence-corrected chi connectivity index (χ3v) is 14.2. The molecule has 0 aliphatic rings. The maximum atomic E-state index is 12.5.